The molecule has 1 aromatic carbocycles. The highest BCUT2D eigenvalue weighted by Crippen LogP contribution is 2.30. The Kier molecular flexibility index (Phi) is 3.66. The molecule has 0 amide bonds. The van der Waals surface area contributed by atoms with Crippen LogP contribution in [0.2, 0.25) is 0 Å². The minimum Gasteiger partial charge on any atom is -0.330 e. The van der Waals surface area contributed by atoms with Gasteiger partial charge in [0.05, 0.1) is 0 Å². The fraction of sp³-hybridized carbons (Fsp3) is 0.462. The van der Waals surface area contributed by atoms with Crippen molar-refractivity contribution in [2.24, 2.45) is 11.7 Å². The maximum absolute atomic E-state index is 12.0. The molecule has 1 heterocycles. The van der Waals surface area contributed by atoms with E-state index in [0.717, 1.165) is 12.0 Å². The van der Waals surface area contributed by atoms with Crippen molar-refractivity contribution in [3.63, 3.8) is 0 Å². The lowest BCUT2D eigenvalue weighted by Gasteiger charge is -2.16. The summed E-state index contributed by atoms with van der Waals surface area (Å²) >= 11 is 1.89. The van der Waals surface area contributed by atoms with Crippen LogP contribution in [0.4, 0.5) is 0 Å². The molecular weight excluding hydrogens is 218 g/mol. The number of rotatable bonds is 3. The molecule has 0 fully saturated rings. The number of thioether (sulfide) groups is 1. The van der Waals surface area contributed by atoms with Crippen LogP contribution in [0.3, 0.4) is 0 Å². The second kappa shape index (κ2) is 5.02. The molecule has 2 rings (SSSR count). The average molecular weight is 235 g/mol. The number of carbonyl (C=O) groups is 1. The summed E-state index contributed by atoms with van der Waals surface area (Å²) in [7, 11) is 0. The Morgan fingerprint density at radius 3 is 3.12 bits per heavy atom. The molecule has 1 aliphatic heterocycles. The molecule has 16 heavy (non-hydrogen) atoms. The fourth-order valence-corrected chi connectivity index (χ4v) is 2.92. The van der Waals surface area contributed by atoms with Gasteiger partial charge in [0.2, 0.25) is 0 Å². The summed E-state index contributed by atoms with van der Waals surface area (Å²) in [6.07, 6.45) is 2.31. The zero-order valence-corrected chi connectivity index (χ0v) is 10.3. The minimum atomic E-state index is -0.0747. The van der Waals surface area contributed by atoms with Crippen molar-refractivity contribution in [1.29, 1.82) is 0 Å². The van der Waals surface area contributed by atoms with Gasteiger partial charge < -0.3 is 5.73 Å². The van der Waals surface area contributed by atoms with Gasteiger partial charge >= 0.3 is 0 Å². The van der Waals surface area contributed by atoms with Crippen molar-refractivity contribution in [1.82, 2.24) is 0 Å². The third kappa shape index (κ3) is 2.30. The van der Waals surface area contributed by atoms with Crippen molar-refractivity contribution in [3.05, 3.63) is 29.3 Å². The van der Waals surface area contributed by atoms with Gasteiger partial charge in [-0.15, -0.1) is 11.8 Å². The molecule has 0 saturated carbocycles. The van der Waals surface area contributed by atoms with E-state index in [2.05, 4.69) is 12.1 Å². The quantitative estimate of drug-likeness (QED) is 0.819. The molecule has 3 heteroatoms. The van der Waals surface area contributed by atoms with Crippen LogP contribution in [0.25, 0.3) is 0 Å². The van der Waals surface area contributed by atoms with E-state index < -0.39 is 0 Å². The predicted octanol–water partition coefficient (Wildman–Crippen LogP) is 2.50. The molecule has 2 N–H and O–H groups in total. The lowest BCUT2D eigenvalue weighted by Crippen LogP contribution is -2.20. The molecule has 1 atom stereocenters. The van der Waals surface area contributed by atoms with Crippen molar-refractivity contribution in [3.8, 4) is 0 Å². The van der Waals surface area contributed by atoms with E-state index in [4.69, 9.17) is 5.73 Å². The molecule has 0 bridgehead atoms. The van der Waals surface area contributed by atoms with Gasteiger partial charge in [0, 0.05) is 22.9 Å². The van der Waals surface area contributed by atoms with Gasteiger partial charge in [-0.05, 0) is 36.3 Å². The van der Waals surface area contributed by atoms with Crippen LogP contribution >= 0.6 is 11.8 Å². The van der Waals surface area contributed by atoms with E-state index in [-0.39, 0.29) is 11.7 Å². The predicted molar refractivity (Wildman–Crippen MR) is 68.0 cm³/mol. The Labute approximate surface area is 101 Å². The number of hydrogen-bond acceptors (Lipinski definition) is 3. The Morgan fingerprint density at radius 1 is 1.56 bits per heavy atom. The summed E-state index contributed by atoms with van der Waals surface area (Å²) in [5, 5.41) is 0. The van der Waals surface area contributed by atoms with Crippen LogP contribution in [-0.2, 0) is 6.42 Å². The normalized spacial score (nSPS) is 16.6. The third-order valence-electron chi connectivity index (χ3n) is 2.99. The first-order chi connectivity index (χ1) is 7.72. The topological polar surface area (TPSA) is 43.1 Å². The number of carbonyl (C=O) groups excluding carboxylic acids is 1. The van der Waals surface area contributed by atoms with Crippen LogP contribution in [0, 0.1) is 5.92 Å². The van der Waals surface area contributed by atoms with Crippen molar-refractivity contribution < 1.29 is 4.79 Å². The van der Waals surface area contributed by atoms with Crippen molar-refractivity contribution in [2.75, 3.05) is 12.3 Å². The maximum Gasteiger partial charge on any atom is 0.166 e. The first-order valence-electron chi connectivity index (χ1n) is 5.72. The van der Waals surface area contributed by atoms with Gasteiger partial charge in [-0.25, -0.2) is 0 Å². The second-order valence-corrected chi connectivity index (χ2v) is 5.41. The summed E-state index contributed by atoms with van der Waals surface area (Å²) < 4.78 is 0. The number of Topliss-reactive ketones (excluding diaryl/α,β-unsaturated/α-hetero) is 1. The molecule has 1 aliphatic rings. The van der Waals surface area contributed by atoms with Gasteiger partial charge in [0.1, 0.15) is 0 Å². The fourth-order valence-electron chi connectivity index (χ4n) is 1.91. The Hall–Kier alpha value is -0.800. The summed E-state index contributed by atoms with van der Waals surface area (Å²) in [6.45, 7) is 2.31. The van der Waals surface area contributed by atoms with Gasteiger partial charge in [-0.1, -0.05) is 13.0 Å². The molecule has 2 nitrogen and oxygen atoms in total. The number of aryl methyl sites for hydroxylation is 1. The number of hydrogen-bond donors (Lipinski definition) is 1. The molecule has 0 saturated heterocycles. The number of ketones is 1. The van der Waals surface area contributed by atoms with Gasteiger partial charge in [-0.3, -0.25) is 4.79 Å². The SMILES string of the molecule is CC(CN)C(=O)c1ccc2c(c1)CCCS2. The monoisotopic (exact) mass is 235 g/mol. The Balaban J connectivity index is 2.26. The lowest BCUT2D eigenvalue weighted by molar-refractivity contribution is 0.0934. The average Bonchev–Trinajstić information content (AvgIpc) is 2.36. The smallest absolute Gasteiger partial charge is 0.166 e. The Bertz CT molecular complexity index is 403. The minimum absolute atomic E-state index is 0.0747. The molecule has 0 radical (unpaired) electrons. The molecule has 1 unspecified atom stereocenters. The summed E-state index contributed by atoms with van der Waals surface area (Å²) in [5.74, 6) is 1.29. The van der Waals surface area contributed by atoms with Crippen molar-refractivity contribution in [2.45, 2.75) is 24.7 Å². The maximum atomic E-state index is 12.0. The van der Waals surface area contributed by atoms with E-state index in [1.165, 1.54) is 22.6 Å². The van der Waals surface area contributed by atoms with E-state index in [1.807, 2.05) is 24.8 Å². The van der Waals surface area contributed by atoms with Gasteiger partial charge in [0.15, 0.2) is 5.78 Å². The highest BCUT2D eigenvalue weighted by Gasteiger charge is 2.16. The highest BCUT2D eigenvalue weighted by molar-refractivity contribution is 7.99. The van der Waals surface area contributed by atoms with Crippen LogP contribution < -0.4 is 5.73 Å². The molecule has 0 aromatic heterocycles. The Morgan fingerprint density at radius 2 is 2.38 bits per heavy atom. The molecular formula is C13H17NOS. The van der Waals surface area contributed by atoms with Gasteiger partial charge in [0.25, 0.3) is 0 Å². The molecule has 0 spiro atoms. The number of benzene rings is 1. The zero-order chi connectivity index (χ0) is 11.5. The molecule has 0 aliphatic carbocycles. The standard InChI is InChI=1S/C13H17NOS/c1-9(8-14)13(15)11-4-5-12-10(7-11)3-2-6-16-12/h4-5,7,9H,2-3,6,8,14H2,1H3. The summed E-state index contributed by atoms with van der Waals surface area (Å²) in [6, 6.07) is 6.07. The zero-order valence-electron chi connectivity index (χ0n) is 9.53. The van der Waals surface area contributed by atoms with E-state index in [9.17, 15) is 4.79 Å². The van der Waals surface area contributed by atoms with Crippen LogP contribution in [0.15, 0.2) is 23.1 Å². The molecule has 86 valence electrons. The van der Waals surface area contributed by atoms with Crippen molar-refractivity contribution >= 4 is 17.5 Å². The molecule has 1 aromatic rings. The van der Waals surface area contributed by atoms with Gasteiger partial charge in [-0.2, -0.15) is 0 Å². The van der Waals surface area contributed by atoms with Crippen LogP contribution in [-0.4, -0.2) is 18.1 Å². The second-order valence-electron chi connectivity index (χ2n) is 4.28. The van der Waals surface area contributed by atoms with E-state index in [1.54, 1.807) is 0 Å². The van der Waals surface area contributed by atoms with E-state index in [0.29, 0.717) is 6.54 Å². The first kappa shape index (κ1) is 11.7. The number of nitrogens with two attached hydrogens (primary N) is 1. The van der Waals surface area contributed by atoms with Crippen LogP contribution in [0.1, 0.15) is 29.3 Å². The lowest BCUT2D eigenvalue weighted by atomic mass is 9.97. The first-order valence-corrected chi connectivity index (χ1v) is 6.71. The number of fused-ring (bicyclic) bond motifs is 1. The van der Waals surface area contributed by atoms with Crippen LogP contribution in [0.5, 0.6) is 0 Å². The largest absolute Gasteiger partial charge is 0.330 e. The van der Waals surface area contributed by atoms with E-state index >= 15 is 0 Å². The third-order valence-corrected chi connectivity index (χ3v) is 4.20. The highest BCUT2D eigenvalue weighted by atomic mass is 32.2. The summed E-state index contributed by atoms with van der Waals surface area (Å²) in [4.78, 5) is 13.3. The summed E-state index contributed by atoms with van der Waals surface area (Å²) in [5.41, 5.74) is 7.67.